The third kappa shape index (κ3) is 3.13. The second-order valence-corrected chi connectivity index (χ2v) is 5.04. The Kier molecular flexibility index (Phi) is 4.33. The van der Waals surface area contributed by atoms with Crippen molar-refractivity contribution in [1.82, 2.24) is 14.7 Å². The Morgan fingerprint density at radius 3 is 2.88 bits per heavy atom. The maximum atomic E-state index is 12.7. The van der Waals surface area contributed by atoms with Gasteiger partial charge in [-0.25, -0.2) is 9.78 Å². The molecular formula is C15H14N4O6. The highest BCUT2D eigenvalue weighted by atomic mass is 16.5. The lowest BCUT2D eigenvalue weighted by molar-refractivity contribution is -0.116. The topological polar surface area (TPSA) is 129 Å². The maximum Gasteiger partial charge on any atom is 0.342 e. The van der Waals surface area contributed by atoms with Crippen molar-refractivity contribution in [2.75, 3.05) is 11.9 Å². The van der Waals surface area contributed by atoms with Gasteiger partial charge in [0.2, 0.25) is 11.6 Å². The molecule has 10 heteroatoms. The highest BCUT2D eigenvalue weighted by Crippen LogP contribution is 2.21. The number of nitrogens with one attached hydrogen (secondary N) is 1. The molecule has 0 unspecified atom stereocenters. The molecule has 0 bridgehead atoms. The van der Waals surface area contributed by atoms with E-state index in [-0.39, 0.29) is 41.4 Å². The number of nitrogens with zero attached hydrogens (tertiary/aromatic N) is 3. The number of hydrogen-bond acceptors (Lipinski definition) is 8. The van der Waals surface area contributed by atoms with Crippen LogP contribution < -0.4 is 10.9 Å². The van der Waals surface area contributed by atoms with Crippen molar-refractivity contribution in [3.63, 3.8) is 0 Å². The first kappa shape index (κ1) is 16.4. The molecule has 130 valence electrons. The molecule has 0 aliphatic carbocycles. The molecule has 3 aromatic rings. The molecule has 3 rings (SSSR count). The molecule has 0 atom stereocenters. The van der Waals surface area contributed by atoms with Crippen molar-refractivity contribution >= 4 is 28.8 Å². The molecular weight excluding hydrogens is 332 g/mol. The molecule has 0 saturated carbocycles. The Morgan fingerprint density at radius 2 is 2.20 bits per heavy atom. The number of carbonyl (C=O) groups is 2. The standard InChI is InChI=1S/C15H14N4O6/c1-3-23-15(22)11-8(2)25-13-12(11)14(21)19(7-16-13)6-10(20)17-9-4-5-24-18-9/h4-5,7H,3,6H2,1-2H3,(H,17,18,20). The van der Waals surface area contributed by atoms with Crippen molar-refractivity contribution in [2.24, 2.45) is 0 Å². The van der Waals surface area contributed by atoms with Crippen LogP contribution in [-0.2, 0) is 16.1 Å². The Bertz CT molecular complexity index is 986. The zero-order valence-electron chi connectivity index (χ0n) is 13.4. The number of fused-ring (bicyclic) bond motifs is 1. The quantitative estimate of drug-likeness (QED) is 0.680. The lowest BCUT2D eigenvalue weighted by atomic mass is 10.2. The molecule has 0 aromatic carbocycles. The van der Waals surface area contributed by atoms with Crippen molar-refractivity contribution in [3.8, 4) is 0 Å². The minimum Gasteiger partial charge on any atom is -0.462 e. The lowest BCUT2D eigenvalue weighted by Gasteiger charge is -2.05. The number of ether oxygens (including phenoxy) is 1. The molecule has 0 fully saturated rings. The number of carbonyl (C=O) groups excluding carboxylic acids is 2. The molecule has 0 aliphatic heterocycles. The van der Waals surface area contributed by atoms with Crippen LogP contribution in [0, 0.1) is 6.92 Å². The monoisotopic (exact) mass is 346 g/mol. The van der Waals surface area contributed by atoms with Gasteiger partial charge in [0.25, 0.3) is 5.56 Å². The summed E-state index contributed by atoms with van der Waals surface area (Å²) in [6.45, 7) is 3.02. The van der Waals surface area contributed by atoms with Crippen LogP contribution >= 0.6 is 0 Å². The largest absolute Gasteiger partial charge is 0.462 e. The molecule has 3 heterocycles. The number of furan rings is 1. The predicted octanol–water partition coefficient (Wildman–Crippen LogP) is 1.10. The number of aryl methyl sites for hydroxylation is 1. The van der Waals surface area contributed by atoms with E-state index in [4.69, 9.17) is 9.15 Å². The highest BCUT2D eigenvalue weighted by molar-refractivity contribution is 6.03. The van der Waals surface area contributed by atoms with Gasteiger partial charge in [0.15, 0.2) is 5.82 Å². The summed E-state index contributed by atoms with van der Waals surface area (Å²) in [6.07, 6.45) is 2.47. The fourth-order valence-corrected chi connectivity index (χ4v) is 2.31. The van der Waals surface area contributed by atoms with Gasteiger partial charge in [-0.1, -0.05) is 5.16 Å². The predicted molar refractivity (Wildman–Crippen MR) is 84.1 cm³/mol. The van der Waals surface area contributed by atoms with Gasteiger partial charge in [-0.05, 0) is 13.8 Å². The second-order valence-electron chi connectivity index (χ2n) is 5.04. The zero-order chi connectivity index (χ0) is 18.0. The average Bonchev–Trinajstić information content (AvgIpc) is 3.17. The second kappa shape index (κ2) is 6.59. The number of rotatable bonds is 5. The van der Waals surface area contributed by atoms with Crippen LogP contribution in [0.3, 0.4) is 0 Å². The van der Waals surface area contributed by atoms with Gasteiger partial charge < -0.3 is 19.0 Å². The zero-order valence-corrected chi connectivity index (χ0v) is 13.4. The first-order chi connectivity index (χ1) is 12.0. The van der Waals surface area contributed by atoms with Crippen molar-refractivity contribution in [3.05, 3.63) is 40.3 Å². The van der Waals surface area contributed by atoms with Crippen LogP contribution in [0.15, 0.2) is 32.4 Å². The van der Waals surface area contributed by atoms with E-state index in [0.29, 0.717) is 0 Å². The summed E-state index contributed by atoms with van der Waals surface area (Å²) in [4.78, 5) is 40.7. The highest BCUT2D eigenvalue weighted by Gasteiger charge is 2.24. The van der Waals surface area contributed by atoms with Gasteiger partial charge >= 0.3 is 5.97 Å². The van der Waals surface area contributed by atoms with Gasteiger partial charge in [0, 0.05) is 6.07 Å². The van der Waals surface area contributed by atoms with E-state index >= 15 is 0 Å². The van der Waals surface area contributed by atoms with Crippen LogP contribution in [0.1, 0.15) is 23.0 Å². The summed E-state index contributed by atoms with van der Waals surface area (Å²) in [5.41, 5.74) is -0.556. The first-order valence-electron chi connectivity index (χ1n) is 7.37. The van der Waals surface area contributed by atoms with Gasteiger partial charge in [-0.3, -0.25) is 14.2 Å². The Balaban J connectivity index is 1.96. The SMILES string of the molecule is CCOC(=O)c1c(C)oc2ncn(CC(=O)Nc3ccon3)c(=O)c12. The van der Waals surface area contributed by atoms with Gasteiger partial charge in [-0.15, -0.1) is 0 Å². The van der Waals surface area contributed by atoms with E-state index in [2.05, 4.69) is 20.0 Å². The number of hydrogen-bond donors (Lipinski definition) is 1. The molecule has 0 saturated heterocycles. The summed E-state index contributed by atoms with van der Waals surface area (Å²) in [6, 6.07) is 1.46. The molecule has 3 aromatic heterocycles. The number of aromatic nitrogens is 3. The van der Waals surface area contributed by atoms with E-state index in [0.717, 1.165) is 4.57 Å². The van der Waals surface area contributed by atoms with Crippen molar-refractivity contribution in [2.45, 2.75) is 20.4 Å². The van der Waals surface area contributed by atoms with E-state index in [1.54, 1.807) is 6.92 Å². The van der Waals surface area contributed by atoms with Gasteiger partial charge in [0.1, 0.15) is 35.8 Å². The molecule has 10 nitrogen and oxygen atoms in total. The van der Waals surface area contributed by atoms with Gasteiger partial charge in [0.05, 0.1) is 6.61 Å². The van der Waals surface area contributed by atoms with Crippen molar-refractivity contribution < 1.29 is 23.3 Å². The van der Waals surface area contributed by atoms with E-state index < -0.39 is 17.4 Å². The summed E-state index contributed by atoms with van der Waals surface area (Å²) >= 11 is 0. The lowest BCUT2D eigenvalue weighted by Crippen LogP contribution is -2.28. The number of anilines is 1. The Labute approximate surface area is 140 Å². The average molecular weight is 346 g/mol. The van der Waals surface area contributed by atoms with E-state index in [9.17, 15) is 14.4 Å². The van der Waals surface area contributed by atoms with Crippen LogP contribution in [0.5, 0.6) is 0 Å². The van der Waals surface area contributed by atoms with E-state index in [1.165, 1.54) is 25.6 Å². The molecule has 1 N–H and O–H groups in total. The third-order valence-electron chi connectivity index (χ3n) is 3.35. The normalized spacial score (nSPS) is 10.8. The molecule has 25 heavy (non-hydrogen) atoms. The van der Waals surface area contributed by atoms with Gasteiger partial charge in [-0.2, -0.15) is 0 Å². The molecule has 0 radical (unpaired) electrons. The summed E-state index contributed by atoms with van der Waals surface area (Å²) in [7, 11) is 0. The van der Waals surface area contributed by atoms with Crippen LogP contribution in [0.2, 0.25) is 0 Å². The minimum atomic E-state index is -0.678. The fourth-order valence-electron chi connectivity index (χ4n) is 2.31. The minimum absolute atomic E-state index is 0.0127. The summed E-state index contributed by atoms with van der Waals surface area (Å²) in [5, 5.41) is 5.99. The third-order valence-corrected chi connectivity index (χ3v) is 3.35. The Hall–Kier alpha value is -3.43. The van der Waals surface area contributed by atoms with Crippen LogP contribution in [0.25, 0.3) is 11.1 Å². The first-order valence-corrected chi connectivity index (χ1v) is 7.37. The molecule has 0 spiro atoms. The molecule has 0 aliphatic rings. The van der Waals surface area contributed by atoms with Crippen molar-refractivity contribution in [1.29, 1.82) is 0 Å². The summed E-state index contributed by atoms with van der Waals surface area (Å²) in [5.74, 6) is -0.737. The van der Waals surface area contributed by atoms with Crippen LogP contribution in [0.4, 0.5) is 5.82 Å². The number of amides is 1. The number of esters is 1. The molecule has 1 amide bonds. The smallest absolute Gasteiger partial charge is 0.342 e. The van der Waals surface area contributed by atoms with Crippen LogP contribution in [-0.4, -0.2) is 33.2 Å². The van der Waals surface area contributed by atoms with E-state index in [1.807, 2.05) is 0 Å². The maximum absolute atomic E-state index is 12.7. The Morgan fingerprint density at radius 1 is 1.40 bits per heavy atom. The fraction of sp³-hybridized carbons (Fsp3) is 0.267. The summed E-state index contributed by atoms with van der Waals surface area (Å²) < 4.78 is 16.0.